The van der Waals surface area contributed by atoms with Crippen molar-refractivity contribution in [2.24, 2.45) is 0 Å². The molecule has 1 atom stereocenters. The maximum atomic E-state index is 6.22. The Morgan fingerprint density at radius 2 is 2.04 bits per heavy atom. The van der Waals surface area contributed by atoms with Crippen LogP contribution >= 0.6 is 11.3 Å². The minimum absolute atomic E-state index is 0.00583. The Morgan fingerprint density at radius 3 is 2.83 bits per heavy atom. The van der Waals surface area contributed by atoms with Gasteiger partial charge in [0, 0.05) is 27.3 Å². The molecule has 0 bridgehead atoms. The molecule has 0 aliphatic rings. The fourth-order valence-corrected chi connectivity index (χ4v) is 3.64. The van der Waals surface area contributed by atoms with Gasteiger partial charge >= 0.3 is 0 Å². The molecule has 3 aromatic rings. The summed E-state index contributed by atoms with van der Waals surface area (Å²) in [4.78, 5) is 5.67. The average molecular weight is 326 g/mol. The van der Waals surface area contributed by atoms with Crippen LogP contribution in [0.2, 0.25) is 0 Å². The van der Waals surface area contributed by atoms with Gasteiger partial charge in [0.25, 0.3) is 0 Å². The van der Waals surface area contributed by atoms with Crippen LogP contribution in [-0.4, -0.2) is 25.2 Å². The molecule has 120 valence electrons. The minimum atomic E-state index is -0.00583. The van der Waals surface area contributed by atoms with E-state index in [0.717, 1.165) is 29.5 Å². The van der Waals surface area contributed by atoms with Crippen molar-refractivity contribution < 1.29 is 4.74 Å². The highest BCUT2D eigenvalue weighted by molar-refractivity contribution is 7.10. The lowest BCUT2D eigenvalue weighted by Crippen LogP contribution is -2.32. The van der Waals surface area contributed by atoms with Crippen LogP contribution in [0, 0.1) is 0 Å². The second-order valence-corrected chi connectivity index (χ2v) is 6.99. The van der Waals surface area contributed by atoms with Crippen LogP contribution in [0.3, 0.4) is 0 Å². The highest BCUT2D eigenvalue weighted by Crippen LogP contribution is 2.33. The molecule has 0 amide bonds. The Kier molecular flexibility index (Phi) is 4.94. The van der Waals surface area contributed by atoms with E-state index in [1.807, 2.05) is 31.6 Å². The molecule has 3 nitrogen and oxygen atoms in total. The molecule has 0 aliphatic heterocycles. The molecule has 1 aromatic carbocycles. The van der Waals surface area contributed by atoms with Gasteiger partial charge in [-0.2, -0.15) is 0 Å². The molecule has 1 unspecified atom stereocenters. The number of pyridine rings is 1. The molecule has 0 saturated carbocycles. The van der Waals surface area contributed by atoms with E-state index >= 15 is 0 Å². The van der Waals surface area contributed by atoms with Gasteiger partial charge in [0.1, 0.15) is 5.75 Å². The van der Waals surface area contributed by atoms with Gasteiger partial charge in [0.15, 0.2) is 0 Å². The second kappa shape index (κ2) is 7.11. The maximum absolute atomic E-state index is 6.22. The number of nitrogens with one attached hydrogen (secondary N) is 1. The predicted octanol–water partition coefficient (Wildman–Crippen LogP) is 4.24. The van der Waals surface area contributed by atoms with Crippen molar-refractivity contribution in [1.29, 1.82) is 0 Å². The van der Waals surface area contributed by atoms with Crippen molar-refractivity contribution >= 4 is 22.1 Å². The molecule has 0 aliphatic carbocycles. The summed E-state index contributed by atoms with van der Waals surface area (Å²) in [6.07, 6.45) is 4.72. The largest absolute Gasteiger partial charge is 0.490 e. The fourth-order valence-electron chi connectivity index (χ4n) is 2.73. The zero-order valence-electron chi connectivity index (χ0n) is 13.6. The zero-order valence-corrected chi connectivity index (χ0v) is 14.4. The number of ether oxygens (including phenoxy) is 1. The summed E-state index contributed by atoms with van der Waals surface area (Å²) in [5.41, 5.74) is -0.00583. The molecular formula is C19H22N2OS. The fraction of sp³-hybridized carbons (Fsp3) is 0.316. The van der Waals surface area contributed by atoms with Crippen LogP contribution in [-0.2, 0) is 5.41 Å². The first kappa shape index (κ1) is 16.0. The van der Waals surface area contributed by atoms with Crippen LogP contribution in [0.5, 0.6) is 5.75 Å². The molecule has 0 radical (unpaired) electrons. The normalized spacial score (nSPS) is 13.8. The lowest BCUT2D eigenvalue weighted by Gasteiger charge is -2.28. The average Bonchev–Trinajstić information content (AvgIpc) is 3.13. The topological polar surface area (TPSA) is 34.1 Å². The van der Waals surface area contributed by atoms with Gasteiger partial charge < -0.3 is 10.1 Å². The van der Waals surface area contributed by atoms with Crippen molar-refractivity contribution in [3.05, 3.63) is 59.0 Å². The number of rotatable bonds is 7. The molecule has 0 spiro atoms. The van der Waals surface area contributed by atoms with Crippen LogP contribution in [0.25, 0.3) is 10.8 Å². The molecule has 1 N–H and O–H groups in total. The number of nitrogens with zero attached hydrogens (tertiary/aromatic N) is 1. The van der Waals surface area contributed by atoms with E-state index < -0.39 is 0 Å². The van der Waals surface area contributed by atoms with E-state index in [2.05, 4.69) is 46.9 Å². The van der Waals surface area contributed by atoms with Gasteiger partial charge in [-0.1, -0.05) is 37.3 Å². The zero-order chi connectivity index (χ0) is 16.1. The Balaban J connectivity index is 1.83. The Labute approximate surface area is 141 Å². The third-order valence-electron chi connectivity index (χ3n) is 4.22. The predicted molar refractivity (Wildman–Crippen MR) is 97.5 cm³/mol. The van der Waals surface area contributed by atoms with E-state index in [4.69, 9.17) is 4.74 Å². The Hall–Kier alpha value is -1.91. The lowest BCUT2D eigenvalue weighted by molar-refractivity contribution is 0.222. The number of thiophene rings is 1. The van der Waals surface area contributed by atoms with Gasteiger partial charge in [-0.15, -0.1) is 11.3 Å². The monoisotopic (exact) mass is 326 g/mol. The minimum Gasteiger partial charge on any atom is -0.490 e. The van der Waals surface area contributed by atoms with Crippen LogP contribution in [0.1, 0.15) is 18.2 Å². The van der Waals surface area contributed by atoms with Crippen LogP contribution in [0.15, 0.2) is 54.2 Å². The van der Waals surface area contributed by atoms with E-state index in [1.165, 1.54) is 4.88 Å². The summed E-state index contributed by atoms with van der Waals surface area (Å²) >= 11 is 1.80. The molecule has 2 aromatic heterocycles. The number of hydrogen-bond acceptors (Lipinski definition) is 4. The highest BCUT2D eigenvalue weighted by Gasteiger charge is 2.28. The summed E-state index contributed by atoms with van der Waals surface area (Å²) < 4.78 is 6.22. The van der Waals surface area contributed by atoms with Crippen molar-refractivity contribution in [1.82, 2.24) is 10.3 Å². The number of benzene rings is 1. The summed E-state index contributed by atoms with van der Waals surface area (Å²) in [6, 6.07) is 12.5. The second-order valence-electron chi connectivity index (χ2n) is 6.04. The molecule has 0 fully saturated rings. The Bertz CT molecular complexity index is 752. The molecular weight excluding hydrogens is 304 g/mol. The van der Waals surface area contributed by atoms with Crippen molar-refractivity contribution in [3.8, 4) is 5.75 Å². The number of aromatic nitrogens is 1. The van der Waals surface area contributed by atoms with Crippen LogP contribution < -0.4 is 10.1 Å². The summed E-state index contributed by atoms with van der Waals surface area (Å²) in [7, 11) is 1.99. The van der Waals surface area contributed by atoms with E-state index in [9.17, 15) is 0 Å². The maximum Gasteiger partial charge on any atom is 0.145 e. The third kappa shape index (κ3) is 3.54. The van der Waals surface area contributed by atoms with Gasteiger partial charge in [-0.05, 0) is 31.5 Å². The smallest absolute Gasteiger partial charge is 0.145 e. The highest BCUT2D eigenvalue weighted by atomic mass is 32.1. The summed E-state index contributed by atoms with van der Waals surface area (Å²) in [6.45, 7) is 3.88. The van der Waals surface area contributed by atoms with E-state index in [1.54, 1.807) is 11.3 Å². The summed E-state index contributed by atoms with van der Waals surface area (Å²) in [5.74, 6) is 0.857. The lowest BCUT2D eigenvalue weighted by atomic mass is 9.86. The van der Waals surface area contributed by atoms with Crippen LogP contribution in [0.4, 0.5) is 0 Å². The Morgan fingerprint density at radius 1 is 1.17 bits per heavy atom. The van der Waals surface area contributed by atoms with Gasteiger partial charge in [-0.25, -0.2) is 0 Å². The van der Waals surface area contributed by atoms with E-state index in [0.29, 0.717) is 6.61 Å². The number of hydrogen-bond donors (Lipinski definition) is 1. The van der Waals surface area contributed by atoms with Crippen molar-refractivity contribution in [2.75, 3.05) is 20.2 Å². The first-order chi connectivity index (χ1) is 11.2. The first-order valence-corrected chi connectivity index (χ1v) is 8.75. The first-order valence-electron chi connectivity index (χ1n) is 7.87. The SMILES string of the molecule is CNCCC(C)(COc1cncc2ccccc12)c1cccs1. The van der Waals surface area contributed by atoms with Gasteiger partial charge in [0.2, 0.25) is 0 Å². The molecule has 3 rings (SSSR count). The van der Waals surface area contributed by atoms with Crippen molar-refractivity contribution in [2.45, 2.75) is 18.8 Å². The molecule has 2 heterocycles. The van der Waals surface area contributed by atoms with Crippen molar-refractivity contribution in [3.63, 3.8) is 0 Å². The van der Waals surface area contributed by atoms with Gasteiger partial charge in [-0.3, -0.25) is 4.98 Å². The third-order valence-corrected chi connectivity index (χ3v) is 5.40. The summed E-state index contributed by atoms with van der Waals surface area (Å²) in [5, 5.41) is 7.61. The molecule has 4 heteroatoms. The standard InChI is InChI=1S/C19H22N2OS/c1-19(9-10-20-2,18-8-5-11-23-18)14-22-17-13-21-12-15-6-3-4-7-16(15)17/h3-8,11-13,20H,9-10,14H2,1-2H3. The van der Waals surface area contributed by atoms with Gasteiger partial charge in [0.05, 0.1) is 12.8 Å². The number of fused-ring (bicyclic) bond motifs is 1. The molecule has 0 saturated heterocycles. The molecule has 23 heavy (non-hydrogen) atoms. The quantitative estimate of drug-likeness (QED) is 0.705. The van der Waals surface area contributed by atoms with E-state index in [-0.39, 0.29) is 5.41 Å².